The lowest BCUT2D eigenvalue weighted by Gasteiger charge is -2.27. The first-order valence-electron chi connectivity index (χ1n) is 7.27. The molecule has 1 unspecified atom stereocenters. The fourth-order valence-corrected chi connectivity index (χ4v) is 2.28. The third kappa shape index (κ3) is 8.54. The molecule has 108 valence electrons. The monoisotopic (exact) mass is 256 g/mol. The number of aliphatic carboxylic acids is 1. The number of carbonyl (C=O) groups is 1. The van der Waals surface area contributed by atoms with Gasteiger partial charge in [-0.25, -0.2) is 0 Å². The average Bonchev–Trinajstić information content (AvgIpc) is 2.11. The lowest BCUT2D eigenvalue weighted by atomic mass is 9.78. The minimum Gasteiger partial charge on any atom is -0.481 e. The number of carboxylic acid groups (broad SMARTS) is 1. The van der Waals surface area contributed by atoms with Gasteiger partial charge >= 0.3 is 5.97 Å². The Morgan fingerprint density at radius 3 is 1.83 bits per heavy atom. The molecule has 1 N–H and O–H groups in total. The highest BCUT2D eigenvalue weighted by Gasteiger charge is 2.30. The molecule has 0 amide bonds. The Balaban J connectivity index is 3.79. The van der Waals surface area contributed by atoms with Crippen molar-refractivity contribution in [1.29, 1.82) is 0 Å². The van der Waals surface area contributed by atoms with Crippen molar-refractivity contribution in [3.05, 3.63) is 0 Å². The molecule has 0 heterocycles. The molecule has 0 saturated carbocycles. The number of hydrogen-bond donors (Lipinski definition) is 1. The zero-order chi connectivity index (χ0) is 14.4. The molecule has 0 aliphatic carbocycles. The van der Waals surface area contributed by atoms with E-state index in [9.17, 15) is 9.90 Å². The molecule has 2 heteroatoms. The Kier molecular flexibility index (Phi) is 6.94. The molecule has 0 rings (SSSR count). The van der Waals surface area contributed by atoms with Gasteiger partial charge in [0.1, 0.15) is 0 Å². The quantitative estimate of drug-likeness (QED) is 0.642. The van der Waals surface area contributed by atoms with Crippen molar-refractivity contribution in [2.45, 2.75) is 80.1 Å². The molecule has 0 aliphatic heterocycles. The minimum atomic E-state index is -0.641. The fourth-order valence-electron chi connectivity index (χ4n) is 2.28. The van der Waals surface area contributed by atoms with E-state index in [0.29, 0.717) is 5.41 Å². The third-order valence-corrected chi connectivity index (χ3v) is 3.51. The second-order valence-electron chi connectivity index (χ2n) is 7.77. The summed E-state index contributed by atoms with van der Waals surface area (Å²) in [5.41, 5.74) is 0.298. The lowest BCUT2D eigenvalue weighted by Crippen LogP contribution is -2.28. The van der Waals surface area contributed by atoms with Crippen molar-refractivity contribution in [1.82, 2.24) is 0 Å². The molecule has 18 heavy (non-hydrogen) atoms. The van der Waals surface area contributed by atoms with Crippen molar-refractivity contribution < 1.29 is 9.90 Å². The molecule has 0 aliphatic rings. The van der Waals surface area contributed by atoms with Gasteiger partial charge in [0.05, 0.1) is 5.92 Å². The van der Waals surface area contributed by atoms with E-state index in [2.05, 4.69) is 20.8 Å². The van der Waals surface area contributed by atoms with Crippen LogP contribution in [0.4, 0.5) is 0 Å². The minimum absolute atomic E-state index is 0.128. The summed E-state index contributed by atoms with van der Waals surface area (Å²) < 4.78 is 0. The number of hydrogen-bond acceptors (Lipinski definition) is 1. The molecule has 2 nitrogen and oxygen atoms in total. The predicted octanol–water partition coefficient (Wildman–Crippen LogP) is 5.12. The van der Waals surface area contributed by atoms with Crippen LogP contribution in [0.5, 0.6) is 0 Å². The van der Waals surface area contributed by atoms with E-state index < -0.39 is 5.97 Å². The molecule has 0 aromatic heterocycles. The Labute approximate surface area is 113 Å². The van der Waals surface area contributed by atoms with Gasteiger partial charge in [-0.2, -0.15) is 0 Å². The van der Waals surface area contributed by atoms with Gasteiger partial charge in [-0.1, -0.05) is 67.2 Å². The number of unbranched alkanes of at least 4 members (excludes halogenated alkanes) is 3. The highest BCUT2D eigenvalue weighted by Crippen LogP contribution is 2.31. The summed E-state index contributed by atoms with van der Waals surface area (Å²) in [4.78, 5) is 11.2. The lowest BCUT2D eigenvalue weighted by molar-refractivity contribution is -0.145. The topological polar surface area (TPSA) is 37.3 Å². The molecule has 0 aromatic rings. The van der Waals surface area contributed by atoms with Crippen LogP contribution in [0.15, 0.2) is 0 Å². The molecule has 0 fully saturated rings. The maximum Gasteiger partial charge on any atom is 0.307 e. The maximum atomic E-state index is 11.2. The average molecular weight is 256 g/mol. The maximum absolute atomic E-state index is 11.2. The van der Waals surface area contributed by atoms with Gasteiger partial charge in [-0.05, 0) is 23.7 Å². The van der Waals surface area contributed by atoms with Gasteiger partial charge in [-0.15, -0.1) is 0 Å². The van der Waals surface area contributed by atoms with Gasteiger partial charge in [0.15, 0.2) is 0 Å². The van der Waals surface area contributed by atoms with Crippen molar-refractivity contribution in [2.24, 2.45) is 16.7 Å². The molecule has 0 spiro atoms. The van der Waals surface area contributed by atoms with Gasteiger partial charge in [0.2, 0.25) is 0 Å². The van der Waals surface area contributed by atoms with Crippen molar-refractivity contribution in [3.8, 4) is 0 Å². The van der Waals surface area contributed by atoms with Crippen molar-refractivity contribution >= 4 is 5.97 Å². The summed E-state index contributed by atoms with van der Waals surface area (Å²) in [7, 11) is 0. The van der Waals surface area contributed by atoms with E-state index in [1.807, 2.05) is 20.8 Å². The van der Waals surface area contributed by atoms with Crippen LogP contribution >= 0.6 is 0 Å². The Hall–Kier alpha value is -0.530. The van der Waals surface area contributed by atoms with E-state index >= 15 is 0 Å². The zero-order valence-electron chi connectivity index (χ0n) is 13.2. The normalized spacial score (nSPS) is 14.6. The summed E-state index contributed by atoms with van der Waals surface area (Å²) in [6.07, 6.45) is 6.77. The largest absolute Gasteiger partial charge is 0.481 e. The first-order valence-corrected chi connectivity index (χ1v) is 7.27. The van der Waals surface area contributed by atoms with Gasteiger partial charge < -0.3 is 5.11 Å². The summed E-state index contributed by atoms with van der Waals surface area (Å²) >= 11 is 0. The summed E-state index contributed by atoms with van der Waals surface area (Å²) in [6, 6.07) is 0. The summed E-state index contributed by atoms with van der Waals surface area (Å²) in [5.74, 6) is -0.850. The fraction of sp³-hybridized carbons (Fsp3) is 0.938. The highest BCUT2D eigenvalue weighted by molar-refractivity contribution is 5.70. The first-order chi connectivity index (χ1) is 8.04. The van der Waals surface area contributed by atoms with Gasteiger partial charge in [0.25, 0.3) is 0 Å². The van der Waals surface area contributed by atoms with Crippen LogP contribution in [0.25, 0.3) is 0 Å². The van der Waals surface area contributed by atoms with Crippen LogP contribution in [-0.2, 0) is 4.79 Å². The smallest absolute Gasteiger partial charge is 0.307 e. The molecule has 0 saturated heterocycles. The van der Waals surface area contributed by atoms with Crippen LogP contribution in [0.1, 0.15) is 80.1 Å². The van der Waals surface area contributed by atoms with E-state index in [1.54, 1.807) is 0 Å². The number of rotatable bonds is 7. The molecule has 1 atom stereocenters. The molecule has 0 aromatic carbocycles. The molecular formula is C16H32O2. The van der Waals surface area contributed by atoms with Crippen LogP contribution in [-0.4, -0.2) is 11.1 Å². The van der Waals surface area contributed by atoms with E-state index in [1.165, 1.54) is 19.3 Å². The number of carboxylic acids is 1. The van der Waals surface area contributed by atoms with E-state index in [-0.39, 0.29) is 11.3 Å². The van der Waals surface area contributed by atoms with Gasteiger partial charge in [-0.3, -0.25) is 4.79 Å². The zero-order valence-corrected chi connectivity index (χ0v) is 13.2. The standard InChI is InChI=1S/C16H32O2/c1-15(2,3)12-10-8-7-9-11-13(14(17)18)16(4,5)6/h13H,7-12H2,1-6H3,(H,17,18). The van der Waals surface area contributed by atoms with E-state index in [0.717, 1.165) is 19.3 Å². The predicted molar refractivity (Wildman–Crippen MR) is 77.7 cm³/mol. The SMILES string of the molecule is CC(C)(C)CCCCCCC(C(=O)O)C(C)(C)C. The van der Waals surface area contributed by atoms with Crippen LogP contribution in [0, 0.1) is 16.7 Å². The molecule has 0 radical (unpaired) electrons. The van der Waals surface area contributed by atoms with Crippen molar-refractivity contribution in [3.63, 3.8) is 0 Å². The van der Waals surface area contributed by atoms with Crippen molar-refractivity contribution in [2.75, 3.05) is 0 Å². The molecule has 0 bridgehead atoms. The Morgan fingerprint density at radius 2 is 1.44 bits per heavy atom. The van der Waals surface area contributed by atoms with Crippen LogP contribution < -0.4 is 0 Å². The molecular weight excluding hydrogens is 224 g/mol. The van der Waals surface area contributed by atoms with E-state index in [4.69, 9.17) is 0 Å². The van der Waals surface area contributed by atoms with Crippen LogP contribution in [0.2, 0.25) is 0 Å². The first kappa shape index (κ1) is 17.5. The third-order valence-electron chi connectivity index (χ3n) is 3.51. The Morgan fingerprint density at radius 1 is 0.944 bits per heavy atom. The summed E-state index contributed by atoms with van der Waals surface area (Å²) in [5, 5.41) is 9.22. The summed E-state index contributed by atoms with van der Waals surface area (Å²) in [6.45, 7) is 12.9. The highest BCUT2D eigenvalue weighted by atomic mass is 16.4. The van der Waals surface area contributed by atoms with Gasteiger partial charge in [0, 0.05) is 0 Å². The second-order valence-corrected chi connectivity index (χ2v) is 7.77. The second kappa shape index (κ2) is 7.16. The Bertz CT molecular complexity index is 243. The van der Waals surface area contributed by atoms with Crippen LogP contribution in [0.3, 0.4) is 0 Å².